The summed E-state index contributed by atoms with van der Waals surface area (Å²) in [5.74, 6) is 0.483. The van der Waals surface area contributed by atoms with Crippen LogP contribution in [-0.4, -0.2) is 35.6 Å². The van der Waals surface area contributed by atoms with Crippen molar-refractivity contribution >= 4 is 5.91 Å². The lowest BCUT2D eigenvalue weighted by Crippen LogP contribution is -2.39. The lowest BCUT2D eigenvalue weighted by molar-refractivity contribution is 0.0651. The lowest BCUT2D eigenvalue weighted by atomic mass is 9.97. The van der Waals surface area contributed by atoms with Crippen molar-refractivity contribution < 1.29 is 9.90 Å². The first-order chi connectivity index (χ1) is 7.81. The fraction of sp³-hybridized carbons (Fsp3) is 0.462. The molecule has 1 aromatic rings. The molecule has 16 heavy (non-hydrogen) atoms. The smallest absolute Gasteiger partial charge is 0.253 e. The molecular weight excluding hydrogens is 202 g/mol. The molecule has 1 saturated heterocycles. The van der Waals surface area contributed by atoms with Gasteiger partial charge >= 0.3 is 0 Å². The third-order valence-electron chi connectivity index (χ3n) is 3.18. The summed E-state index contributed by atoms with van der Waals surface area (Å²) >= 11 is 0. The van der Waals surface area contributed by atoms with Crippen LogP contribution in [0, 0.1) is 5.92 Å². The van der Waals surface area contributed by atoms with Crippen molar-refractivity contribution in [3.05, 3.63) is 35.9 Å². The van der Waals surface area contributed by atoms with Crippen molar-refractivity contribution in [3.63, 3.8) is 0 Å². The van der Waals surface area contributed by atoms with Crippen LogP contribution >= 0.6 is 0 Å². The quantitative estimate of drug-likeness (QED) is 0.819. The summed E-state index contributed by atoms with van der Waals surface area (Å²) in [6.45, 7) is 1.77. The molecule has 1 N–H and O–H groups in total. The van der Waals surface area contributed by atoms with Gasteiger partial charge in [0.2, 0.25) is 0 Å². The van der Waals surface area contributed by atoms with Crippen molar-refractivity contribution in [2.75, 3.05) is 19.7 Å². The summed E-state index contributed by atoms with van der Waals surface area (Å²) in [5.41, 5.74) is 0.755. The molecule has 1 heterocycles. The second kappa shape index (κ2) is 5.12. The number of aliphatic hydroxyl groups is 1. The summed E-state index contributed by atoms with van der Waals surface area (Å²) in [6, 6.07) is 9.37. The molecule has 1 aromatic carbocycles. The number of rotatable bonds is 2. The zero-order valence-corrected chi connectivity index (χ0v) is 9.30. The minimum Gasteiger partial charge on any atom is -0.396 e. The van der Waals surface area contributed by atoms with Gasteiger partial charge in [-0.2, -0.15) is 0 Å². The van der Waals surface area contributed by atoms with Gasteiger partial charge in [0.15, 0.2) is 0 Å². The van der Waals surface area contributed by atoms with Gasteiger partial charge in [-0.15, -0.1) is 0 Å². The molecule has 0 aromatic heterocycles. The summed E-state index contributed by atoms with van der Waals surface area (Å²) in [6.07, 6.45) is 1.82. The maximum atomic E-state index is 12.1. The Kier molecular flexibility index (Phi) is 3.57. The molecule has 0 saturated carbocycles. The average molecular weight is 219 g/mol. The summed E-state index contributed by atoms with van der Waals surface area (Å²) in [5, 5.41) is 9.03. The Balaban J connectivity index is 1.97. The van der Waals surface area contributed by atoms with E-state index in [9.17, 15) is 4.79 Å². The van der Waals surface area contributed by atoms with E-state index in [2.05, 4.69) is 0 Å². The predicted octanol–water partition coefficient (Wildman–Crippen LogP) is 1.53. The van der Waals surface area contributed by atoms with Crippen LogP contribution < -0.4 is 0 Å². The van der Waals surface area contributed by atoms with E-state index in [4.69, 9.17) is 5.11 Å². The van der Waals surface area contributed by atoms with Gasteiger partial charge in [0.25, 0.3) is 5.91 Å². The first-order valence-electron chi connectivity index (χ1n) is 5.76. The van der Waals surface area contributed by atoms with Crippen LogP contribution in [0.1, 0.15) is 23.2 Å². The minimum absolute atomic E-state index is 0.108. The third-order valence-corrected chi connectivity index (χ3v) is 3.18. The molecule has 1 fully saturated rings. The topological polar surface area (TPSA) is 40.5 Å². The number of nitrogens with zero attached hydrogens (tertiary/aromatic N) is 1. The highest BCUT2D eigenvalue weighted by Gasteiger charge is 2.22. The number of amides is 1. The third kappa shape index (κ3) is 2.42. The molecule has 0 atom stereocenters. The van der Waals surface area contributed by atoms with Gasteiger partial charge in [-0.25, -0.2) is 0 Å². The van der Waals surface area contributed by atoms with E-state index in [0.717, 1.165) is 31.5 Å². The molecule has 1 aliphatic heterocycles. The highest BCUT2D eigenvalue weighted by molar-refractivity contribution is 5.94. The molecule has 1 aliphatic rings. The number of carbonyl (C=O) groups excluding carboxylic acids is 1. The first kappa shape index (κ1) is 11.1. The number of carbonyl (C=O) groups is 1. The van der Waals surface area contributed by atoms with Crippen LogP contribution in [0.5, 0.6) is 0 Å². The van der Waals surface area contributed by atoms with E-state index in [-0.39, 0.29) is 12.5 Å². The van der Waals surface area contributed by atoms with Crippen LogP contribution in [-0.2, 0) is 0 Å². The number of benzene rings is 1. The predicted molar refractivity (Wildman–Crippen MR) is 62.2 cm³/mol. The summed E-state index contributed by atoms with van der Waals surface area (Å²) in [7, 11) is 0. The second-order valence-electron chi connectivity index (χ2n) is 4.28. The molecule has 3 nitrogen and oxygen atoms in total. The normalized spacial score (nSPS) is 17.4. The lowest BCUT2D eigenvalue weighted by Gasteiger charge is -2.31. The Bertz CT molecular complexity index is 342. The number of hydrogen-bond donors (Lipinski definition) is 1. The van der Waals surface area contributed by atoms with Crippen molar-refractivity contribution in [1.82, 2.24) is 4.90 Å². The second-order valence-corrected chi connectivity index (χ2v) is 4.28. The largest absolute Gasteiger partial charge is 0.396 e. The fourth-order valence-corrected chi connectivity index (χ4v) is 2.08. The van der Waals surface area contributed by atoms with Crippen LogP contribution in [0.4, 0.5) is 0 Å². The number of hydrogen-bond acceptors (Lipinski definition) is 2. The molecule has 2 rings (SSSR count). The molecular formula is C13H17NO2. The number of likely N-dealkylation sites (tertiary alicyclic amines) is 1. The standard InChI is InChI=1S/C13H17NO2/c15-10-11-6-8-14(9-7-11)13(16)12-4-2-1-3-5-12/h1-5,11,15H,6-10H2. The van der Waals surface area contributed by atoms with E-state index in [1.54, 1.807) is 0 Å². The van der Waals surface area contributed by atoms with Gasteiger partial charge in [0.1, 0.15) is 0 Å². The van der Waals surface area contributed by atoms with E-state index >= 15 is 0 Å². The van der Waals surface area contributed by atoms with Crippen molar-refractivity contribution in [1.29, 1.82) is 0 Å². The maximum Gasteiger partial charge on any atom is 0.253 e. The SMILES string of the molecule is O=C(c1ccccc1)N1CCC(CO)CC1. The highest BCUT2D eigenvalue weighted by Crippen LogP contribution is 2.18. The molecule has 0 radical (unpaired) electrons. The molecule has 3 heteroatoms. The van der Waals surface area contributed by atoms with Crippen LogP contribution in [0.25, 0.3) is 0 Å². The zero-order valence-electron chi connectivity index (χ0n) is 9.30. The minimum atomic E-state index is 0.108. The fourth-order valence-electron chi connectivity index (χ4n) is 2.08. The van der Waals surface area contributed by atoms with E-state index < -0.39 is 0 Å². The molecule has 1 amide bonds. The van der Waals surface area contributed by atoms with Gasteiger partial charge in [-0.3, -0.25) is 4.79 Å². The molecule has 0 unspecified atom stereocenters. The molecule has 0 spiro atoms. The molecule has 0 aliphatic carbocycles. The van der Waals surface area contributed by atoms with Crippen LogP contribution in [0.3, 0.4) is 0 Å². The summed E-state index contributed by atoms with van der Waals surface area (Å²) < 4.78 is 0. The van der Waals surface area contributed by atoms with E-state index in [1.807, 2.05) is 35.2 Å². The molecule has 0 bridgehead atoms. The Hall–Kier alpha value is -1.35. The highest BCUT2D eigenvalue weighted by atomic mass is 16.3. The van der Waals surface area contributed by atoms with Crippen molar-refractivity contribution in [2.24, 2.45) is 5.92 Å². The van der Waals surface area contributed by atoms with Gasteiger partial charge in [0.05, 0.1) is 0 Å². The Morgan fingerprint density at radius 2 is 1.88 bits per heavy atom. The van der Waals surface area contributed by atoms with Crippen molar-refractivity contribution in [2.45, 2.75) is 12.8 Å². The van der Waals surface area contributed by atoms with Crippen LogP contribution in [0.2, 0.25) is 0 Å². The van der Waals surface area contributed by atoms with Gasteiger partial charge in [0, 0.05) is 25.3 Å². The van der Waals surface area contributed by atoms with E-state index in [0.29, 0.717) is 5.92 Å². The Morgan fingerprint density at radius 1 is 1.25 bits per heavy atom. The number of piperidine rings is 1. The van der Waals surface area contributed by atoms with Crippen LogP contribution in [0.15, 0.2) is 30.3 Å². The monoisotopic (exact) mass is 219 g/mol. The van der Waals surface area contributed by atoms with Gasteiger partial charge in [-0.1, -0.05) is 18.2 Å². The maximum absolute atomic E-state index is 12.1. The summed E-state index contributed by atoms with van der Waals surface area (Å²) in [4.78, 5) is 13.9. The average Bonchev–Trinajstić information content (AvgIpc) is 2.39. The Morgan fingerprint density at radius 3 is 2.44 bits per heavy atom. The van der Waals surface area contributed by atoms with Gasteiger partial charge < -0.3 is 10.0 Å². The van der Waals surface area contributed by atoms with E-state index in [1.165, 1.54) is 0 Å². The zero-order chi connectivity index (χ0) is 11.4. The number of aliphatic hydroxyl groups excluding tert-OH is 1. The Labute approximate surface area is 95.7 Å². The van der Waals surface area contributed by atoms with Crippen molar-refractivity contribution in [3.8, 4) is 0 Å². The first-order valence-corrected chi connectivity index (χ1v) is 5.76. The molecule has 86 valence electrons. The van der Waals surface area contributed by atoms with Gasteiger partial charge in [-0.05, 0) is 30.9 Å².